The number of nitrogens with one attached hydrogen (secondary N) is 2. The maximum Gasteiger partial charge on any atom is 0.287 e. The summed E-state index contributed by atoms with van der Waals surface area (Å²) in [7, 11) is 8.23. The van der Waals surface area contributed by atoms with Gasteiger partial charge >= 0.3 is 0 Å². The first kappa shape index (κ1) is 21.1. The second-order valence-corrected chi connectivity index (χ2v) is 6.08. The van der Waals surface area contributed by atoms with Crippen LogP contribution in [0.2, 0.25) is 0 Å². The van der Waals surface area contributed by atoms with Gasteiger partial charge in [-0.05, 0) is 20.2 Å². The first-order chi connectivity index (χ1) is 13.4. The van der Waals surface area contributed by atoms with E-state index in [9.17, 15) is 9.59 Å². The zero-order valence-corrected chi connectivity index (χ0v) is 16.6. The van der Waals surface area contributed by atoms with Crippen LogP contribution in [-0.2, 0) is 0 Å². The van der Waals surface area contributed by atoms with Gasteiger partial charge in [0.25, 0.3) is 11.8 Å². The smallest absolute Gasteiger partial charge is 0.287 e. The Balaban J connectivity index is 2.11. The van der Waals surface area contributed by atoms with Crippen molar-refractivity contribution in [3.05, 3.63) is 35.6 Å². The van der Waals surface area contributed by atoms with Crippen LogP contribution in [-0.4, -0.2) is 65.2 Å². The largest absolute Gasteiger partial charge is 0.496 e. The molecule has 0 spiro atoms. The third kappa shape index (κ3) is 5.17. The molecule has 28 heavy (non-hydrogen) atoms. The van der Waals surface area contributed by atoms with Crippen molar-refractivity contribution in [2.24, 2.45) is 0 Å². The molecule has 0 aliphatic carbocycles. The predicted molar refractivity (Wildman–Crippen MR) is 104 cm³/mol. The van der Waals surface area contributed by atoms with Crippen LogP contribution < -0.4 is 24.8 Å². The minimum Gasteiger partial charge on any atom is -0.496 e. The van der Waals surface area contributed by atoms with E-state index in [0.29, 0.717) is 30.3 Å². The number of benzene rings is 1. The molecule has 152 valence electrons. The topological polar surface area (TPSA) is 102 Å². The maximum absolute atomic E-state index is 12.6. The van der Waals surface area contributed by atoms with Gasteiger partial charge in [-0.1, -0.05) is 0 Å². The van der Waals surface area contributed by atoms with Crippen LogP contribution in [0.5, 0.6) is 17.2 Å². The van der Waals surface area contributed by atoms with Crippen LogP contribution in [0.25, 0.3) is 0 Å². The summed E-state index contributed by atoms with van der Waals surface area (Å²) in [5.41, 5.74) is 0.230. The number of rotatable bonds is 9. The molecular weight excluding hydrogens is 366 g/mol. The van der Waals surface area contributed by atoms with Gasteiger partial charge < -0.3 is 28.8 Å². The van der Waals surface area contributed by atoms with Crippen LogP contribution in [0.15, 0.2) is 28.7 Å². The zero-order chi connectivity index (χ0) is 20.7. The van der Waals surface area contributed by atoms with Gasteiger partial charge in [-0.3, -0.25) is 14.9 Å². The van der Waals surface area contributed by atoms with E-state index in [1.54, 1.807) is 6.07 Å². The van der Waals surface area contributed by atoms with Crippen molar-refractivity contribution in [3.63, 3.8) is 0 Å². The molecule has 0 radical (unpaired) electrons. The third-order valence-electron chi connectivity index (χ3n) is 3.86. The average Bonchev–Trinajstić information content (AvgIpc) is 3.14. The van der Waals surface area contributed by atoms with E-state index in [-0.39, 0.29) is 23.1 Å². The highest BCUT2D eigenvalue weighted by Gasteiger charge is 2.19. The summed E-state index contributed by atoms with van der Waals surface area (Å²) in [4.78, 5) is 26.6. The molecular formula is C19H25N3O6. The second kappa shape index (κ2) is 9.65. The van der Waals surface area contributed by atoms with Crippen LogP contribution in [0.4, 0.5) is 5.88 Å². The molecule has 1 aromatic carbocycles. The molecule has 0 atom stereocenters. The van der Waals surface area contributed by atoms with Crippen LogP contribution in [0.1, 0.15) is 20.9 Å². The van der Waals surface area contributed by atoms with Gasteiger partial charge in [0.2, 0.25) is 5.88 Å². The number of likely N-dealkylation sites (N-methyl/N-ethyl adjacent to an activating group) is 1. The normalized spacial score (nSPS) is 10.5. The Hall–Kier alpha value is -3.20. The summed E-state index contributed by atoms with van der Waals surface area (Å²) in [5.74, 6) is 0.536. The van der Waals surface area contributed by atoms with E-state index < -0.39 is 5.91 Å². The predicted octanol–water partition coefficient (Wildman–Crippen LogP) is 1.85. The van der Waals surface area contributed by atoms with Crippen LogP contribution >= 0.6 is 0 Å². The lowest BCUT2D eigenvalue weighted by molar-refractivity contribution is 0.0921. The first-order valence-electron chi connectivity index (χ1n) is 8.53. The fourth-order valence-corrected chi connectivity index (χ4v) is 2.39. The Morgan fingerprint density at radius 3 is 2.21 bits per heavy atom. The number of amides is 2. The average molecular weight is 391 g/mol. The van der Waals surface area contributed by atoms with Crippen LogP contribution in [0.3, 0.4) is 0 Å². The fraction of sp³-hybridized carbons (Fsp3) is 0.368. The quantitative estimate of drug-likeness (QED) is 0.672. The summed E-state index contributed by atoms with van der Waals surface area (Å²) in [6, 6.07) is 6.06. The highest BCUT2D eigenvalue weighted by Crippen LogP contribution is 2.35. The molecule has 0 bridgehead atoms. The highest BCUT2D eigenvalue weighted by atomic mass is 16.5. The van der Waals surface area contributed by atoms with Gasteiger partial charge in [-0.2, -0.15) is 0 Å². The first-order valence-corrected chi connectivity index (χ1v) is 8.53. The van der Waals surface area contributed by atoms with E-state index >= 15 is 0 Å². The van der Waals surface area contributed by atoms with Gasteiger partial charge in [0, 0.05) is 31.3 Å². The van der Waals surface area contributed by atoms with Crippen molar-refractivity contribution in [2.75, 3.05) is 53.8 Å². The molecule has 2 rings (SSSR count). The molecule has 9 nitrogen and oxygen atoms in total. The molecule has 0 aliphatic rings. The fourth-order valence-electron chi connectivity index (χ4n) is 2.39. The van der Waals surface area contributed by atoms with E-state index in [1.807, 2.05) is 19.0 Å². The lowest BCUT2D eigenvalue weighted by atomic mass is 10.1. The Morgan fingerprint density at radius 2 is 1.61 bits per heavy atom. The number of carbonyl (C=O) groups is 2. The molecule has 2 amide bonds. The number of methoxy groups -OCH3 is 3. The Morgan fingerprint density at radius 1 is 0.964 bits per heavy atom. The lowest BCUT2D eigenvalue weighted by Gasteiger charge is -2.13. The molecule has 1 heterocycles. The molecule has 0 saturated heterocycles. The van der Waals surface area contributed by atoms with Gasteiger partial charge in [0.1, 0.15) is 5.75 Å². The van der Waals surface area contributed by atoms with Crippen molar-refractivity contribution >= 4 is 17.7 Å². The van der Waals surface area contributed by atoms with Crippen molar-refractivity contribution in [1.82, 2.24) is 10.2 Å². The number of nitrogens with zero attached hydrogens (tertiary/aromatic N) is 1. The maximum atomic E-state index is 12.6. The minimum absolute atomic E-state index is 0.105. The van der Waals surface area contributed by atoms with Gasteiger partial charge in [0.05, 0.1) is 26.9 Å². The minimum atomic E-state index is -0.480. The Bertz CT molecular complexity index is 831. The van der Waals surface area contributed by atoms with E-state index in [2.05, 4.69) is 10.6 Å². The van der Waals surface area contributed by atoms with Gasteiger partial charge in [-0.15, -0.1) is 0 Å². The molecule has 0 fully saturated rings. The lowest BCUT2D eigenvalue weighted by Crippen LogP contribution is -2.31. The van der Waals surface area contributed by atoms with Crippen molar-refractivity contribution in [1.29, 1.82) is 0 Å². The second-order valence-electron chi connectivity index (χ2n) is 6.08. The van der Waals surface area contributed by atoms with Gasteiger partial charge in [0.15, 0.2) is 17.3 Å². The van der Waals surface area contributed by atoms with E-state index in [1.165, 1.54) is 39.5 Å². The van der Waals surface area contributed by atoms with Gasteiger partial charge in [-0.25, -0.2) is 0 Å². The number of carbonyl (C=O) groups excluding carboxylic acids is 2. The zero-order valence-electron chi connectivity index (χ0n) is 16.6. The number of hydrogen-bond donors (Lipinski definition) is 2. The molecule has 0 aliphatic heterocycles. The number of ether oxygens (including phenoxy) is 3. The number of anilines is 1. The monoisotopic (exact) mass is 391 g/mol. The van der Waals surface area contributed by atoms with Crippen LogP contribution in [0, 0.1) is 0 Å². The molecule has 1 aromatic heterocycles. The van der Waals surface area contributed by atoms with E-state index in [0.717, 1.165) is 0 Å². The molecule has 9 heteroatoms. The number of hydrogen-bond acceptors (Lipinski definition) is 7. The summed E-state index contributed by atoms with van der Waals surface area (Å²) >= 11 is 0. The Kier molecular flexibility index (Phi) is 7.28. The van der Waals surface area contributed by atoms with Crippen molar-refractivity contribution in [3.8, 4) is 17.2 Å². The SMILES string of the molecule is COc1cc(OC)c(C(=O)Nc2ccc(C(=O)NCCN(C)C)o2)cc1OC. The van der Waals surface area contributed by atoms with Crippen molar-refractivity contribution in [2.45, 2.75) is 0 Å². The van der Waals surface area contributed by atoms with E-state index in [4.69, 9.17) is 18.6 Å². The molecule has 0 unspecified atom stereocenters. The Labute approximate surface area is 163 Å². The number of furan rings is 1. The molecule has 2 aromatic rings. The standard InChI is InChI=1S/C19H25N3O6/c1-22(2)9-8-20-19(24)13-6-7-17(28-13)21-18(23)12-10-15(26-4)16(27-5)11-14(12)25-3/h6-7,10-11H,8-9H2,1-5H3,(H,20,24)(H,21,23). The molecule has 0 saturated carbocycles. The summed E-state index contributed by atoms with van der Waals surface area (Å²) < 4.78 is 21.1. The molecule has 2 N–H and O–H groups in total. The summed E-state index contributed by atoms with van der Waals surface area (Å²) in [5, 5.41) is 5.34. The van der Waals surface area contributed by atoms with Crippen molar-refractivity contribution < 1.29 is 28.2 Å². The third-order valence-corrected chi connectivity index (χ3v) is 3.86. The highest BCUT2D eigenvalue weighted by molar-refractivity contribution is 6.06. The summed E-state index contributed by atoms with van der Waals surface area (Å²) in [6.45, 7) is 1.19. The summed E-state index contributed by atoms with van der Waals surface area (Å²) in [6.07, 6.45) is 0.